The average Bonchev–Trinajstić information content (AvgIpc) is 3.34. The van der Waals surface area contributed by atoms with E-state index in [9.17, 15) is 4.79 Å². The highest BCUT2D eigenvalue weighted by Gasteiger charge is 2.18. The van der Waals surface area contributed by atoms with Crippen molar-refractivity contribution < 1.29 is 23.4 Å². The van der Waals surface area contributed by atoms with Crippen molar-refractivity contribution in [3.05, 3.63) is 108 Å². The third-order valence-corrected chi connectivity index (χ3v) is 5.32. The first-order valence-electron chi connectivity index (χ1n) is 11.0. The van der Waals surface area contributed by atoms with E-state index < -0.39 is 5.97 Å². The molecule has 5 aromatic rings. The van der Waals surface area contributed by atoms with Crippen molar-refractivity contribution in [2.45, 2.75) is 13.2 Å². The molecule has 2 aromatic heterocycles. The number of rotatable bonds is 8. The highest BCUT2D eigenvalue weighted by atomic mass is 16.5. The summed E-state index contributed by atoms with van der Waals surface area (Å²) in [6.07, 6.45) is 0. The van der Waals surface area contributed by atoms with Crippen molar-refractivity contribution >= 4 is 17.1 Å². The third-order valence-electron chi connectivity index (χ3n) is 5.32. The molecule has 0 unspecified atom stereocenters. The van der Waals surface area contributed by atoms with Gasteiger partial charge in [0.05, 0.1) is 18.2 Å². The summed E-state index contributed by atoms with van der Waals surface area (Å²) in [5.74, 6) is 0.640. The van der Waals surface area contributed by atoms with Gasteiger partial charge in [-0.2, -0.15) is 4.98 Å². The Labute approximate surface area is 201 Å². The van der Waals surface area contributed by atoms with Crippen LogP contribution in [0.5, 0.6) is 11.8 Å². The standard InChI is InChI=1S/C28H22N2O5/c1-32-28(31)21-12-14-24-23(16-21)29-27(35-24)22-13-15-25(33-17-19-8-4-2-5-9-19)30-26(22)34-18-20-10-6-3-7-11-20/h2-16H,17-18H2,1H3. The van der Waals surface area contributed by atoms with Crippen LogP contribution in [0.2, 0.25) is 0 Å². The minimum atomic E-state index is -0.440. The van der Waals surface area contributed by atoms with Crippen LogP contribution in [0.1, 0.15) is 21.5 Å². The first kappa shape index (κ1) is 22.2. The number of carbonyl (C=O) groups is 1. The van der Waals surface area contributed by atoms with Crippen molar-refractivity contribution in [2.75, 3.05) is 7.11 Å². The number of hydrogen-bond acceptors (Lipinski definition) is 7. The van der Waals surface area contributed by atoms with Gasteiger partial charge in [-0.1, -0.05) is 60.7 Å². The van der Waals surface area contributed by atoms with Gasteiger partial charge in [-0.05, 0) is 35.4 Å². The van der Waals surface area contributed by atoms with E-state index in [0.717, 1.165) is 11.1 Å². The Bertz CT molecular complexity index is 1450. The molecule has 5 rings (SSSR count). The Kier molecular flexibility index (Phi) is 6.39. The molecule has 0 amide bonds. The van der Waals surface area contributed by atoms with E-state index in [0.29, 0.717) is 53.1 Å². The summed E-state index contributed by atoms with van der Waals surface area (Å²) in [4.78, 5) is 21.0. The number of fused-ring (bicyclic) bond motifs is 1. The van der Waals surface area contributed by atoms with E-state index in [1.165, 1.54) is 7.11 Å². The van der Waals surface area contributed by atoms with Gasteiger partial charge in [0.25, 0.3) is 0 Å². The van der Waals surface area contributed by atoms with Crippen LogP contribution < -0.4 is 9.47 Å². The molecule has 0 bridgehead atoms. The average molecular weight is 466 g/mol. The number of oxazole rings is 1. The van der Waals surface area contributed by atoms with Crippen molar-refractivity contribution in [1.29, 1.82) is 0 Å². The van der Waals surface area contributed by atoms with E-state index in [1.807, 2.05) is 60.7 Å². The molecule has 0 aliphatic carbocycles. The van der Waals surface area contributed by atoms with Gasteiger partial charge in [-0.3, -0.25) is 0 Å². The number of esters is 1. The molecule has 0 saturated heterocycles. The van der Waals surface area contributed by atoms with Crippen LogP contribution in [0.15, 0.2) is 95.4 Å². The zero-order chi connectivity index (χ0) is 24.0. The largest absolute Gasteiger partial charge is 0.473 e. The summed E-state index contributed by atoms with van der Waals surface area (Å²) in [7, 11) is 1.34. The Morgan fingerprint density at radius 1 is 0.800 bits per heavy atom. The second-order valence-corrected chi connectivity index (χ2v) is 7.74. The molecular weight excluding hydrogens is 444 g/mol. The molecule has 3 aromatic carbocycles. The van der Waals surface area contributed by atoms with Crippen LogP contribution in [0, 0.1) is 0 Å². The number of nitrogens with zero attached hydrogens (tertiary/aromatic N) is 2. The van der Waals surface area contributed by atoms with Crippen molar-refractivity contribution in [2.24, 2.45) is 0 Å². The van der Waals surface area contributed by atoms with Crippen LogP contribution in [0.25, 0.3) is 22.6 Å². The Balaban J connectivity index is 1.46. The molecule has 0 aliphatic heterocycles. The summed E-state index contributed by atoms with van der Waals surface area (Å²) in [5.41, 5.74) is 4.06. The van der Waals surface area contributed by atoms with Crippen LogP contribution >= 0.6 is 0 Å². The van der Waals surface area contributed by atoms with E-state index in [2.05, 4.69) is 9.97 Å². The maximum Gasteiger partial charge on any atom is 0.337 e. The lowest BCUT2D eigenvalue weighted by atomic mass is 10.2. The lowest BCUT2D eigenvalue weighted by Gasteiger charge is -2.11. The Morgan fingerprint density at radius 2 is 1.49 bits per heavy atom. The van der Waals surface area contributed by atoms with Gasteiger partial charge in [0.15, 0.2) is 5.58 Å². The van der Waals surface area contributed by atoms with Gasteiger partial charge in [0, 0.05) is 6.07 Å². The highest BCUT2D eigenvalue weighted by Crippen LogP contribution is 2.33. The zero-order valence-electron chi connectivity index (χ0n) is 19.0. The van der Waals surface area contributed by atoms with E-state index in [-0.39, 0.29) is 0 Å². The SMILES string of the molecule is COC(=O)c1ccc2oc(-c3ccc(OCc4ccccc4)nc3OCc3ccccc3)nc2c1. The van der Waals surface area contributed by atoms with E-state index in [4.69, 9.17) is 18.6 Å². The molecule has 0 radical (unpaired) electrons. The Morgan fingerprint density at radius 3 is 2.17 bits per heavy atom. The molecule has 2 heterocycles. The fraction of sp³-hybridized carbons (Fsp3) is 0.107. The smallest absolute Gasteiger partial charge is 0.337 e. The lowest BCUT2D eigenvalue weighted by Crippen LogP contribution is -2.02. The van der Waals surface area contributed by atoms with Gasteiger partial charge in [-0.25, -0.2) is 9.78 Å². The monoisotopic (exact) mass is 466 g/mol. The molecule has 7 nitrogen and oxygen atoms in total. The fourth-order valence-electron chi connectivity index (χ4n) is 3.52. The second-order valence-electron chi connectivity index (χ2n) is 7.74. The minimum Gasteiger partial charge on any atom is -0.473 e. The first-order chi connectivity index (χ1) is 17.2. The molecule has 7 heteroatoms. The molecule has 0 N–H and O–H groups in total. The second kappa shape index (κ2) is 10.1. The van der Waals surface area contributed by atoms with Crippen LogP contribution in [0.4, 0.5) is 0 Å². The molecule has 0 saturated carbocycles. The van der Waals surface area contributed by atoms with Crippen LogP contribution in [-0.2, 0) is 18.0 Å². The summed E-state index contributed by atoms with van der Waals surface area (Å²) in [5, 5.41) is 0. The molecule has 174 valence electrons. The quantitative estimate of drug-likeness (QED) is 0.266. The van der Waals surface area contributed by atoms with Gasteiger partial charge in [0.2, 0.25) is 17.7 Å². The summed E-state index contributed by atoms with van der Waals surface area (Å²) in [6.45, 7) is 0.695. The van der Waals surface area contributed by atoms with Gasteiger partial charge >= 0.3 is 5.97 Å². The summed E-state index contributed by atoms with van der Waals surface area (Å²) in [6, 6.07) is 28.2. The molecule has 0 fully saturated rings. The number of pyridine rings is 1. The fourth-order valence-corrected chi connectivity index (χ4v) is 3.52. The summed E-state index contributed by atoms with van der Waals surface area (Å²) >= 11 is 0. The molecule has 0 atom stereocenters. The van der Waals surface area contributed by atoms with Crippen LogP contribution in [0.3, 0.4) is 0 Å². The van der Waals surface area contributed by atoms with Gasteiger partial charge in [0.1, 0.15) is 18.7 Å². The van der Waals surface area contributed by atoms with Gasteiger partial charge in [-0.15, -0.1) is 0 Å². The highest BCUT2D eigenvalue weighted by molar-refractivity contribution is 5.93. The van der Waals surface area contributed by atoms with Crippen molar-refractivity contribution in [3.63, 3.8) is 0 Å². The zero-order valence-corrected chi connectivity index (χ0v) is 19.0. The first-order valence-corrected chi connectivity index (χ1v) is 11.0. The number of carbonyl (C=O) groups excluding carboxylic acids is 1. The molecule has 0 aliphatic rings. The van der Waals surface area contributed by atoms with E-state index in [1.54, 1.807) is 30.3 Å². The van der Waals surface area contributed by atoms with Crippen LogP contribution in [-0.4, -0.2) is 23.0 Å². The molecule has 35 heavy (non-hydrogen) atoms. The predicted molar refractivity (Wildman–Crippen MR) is 130 cm³/mol. The minimum absolute atomic E-state index is 0.315. The van der Waals surface area contributed by atoms with Gasteiger partial charge < -0.3 is 18.6 Å². The summed E-state index contributed by atoms with van der Waals surface area (Å²) < 4.78 is 22.7. The topological polar surface area (TPSA) is 83.7 Å². The number of hydrogen-bond donors (Lipinski definition) is 0. The molecular formula is C28H22N2O5. The number of aromatic nitrogens is 2. The Hall–Kier alpha value is -4.65. The number of ether oxygens (including phenoxy) is 3. The maximum absolute atomic E-state index is 11.9. The maximum atomic E-state index is 11.9. The van der Waals surface area contributed by atoms with E-state index >= 15 is 0 Å². The number of benzene rings is 3. The van der Waals surface area contributed by atoms with Crippen molar-refractivity contribution in [3.8, 4) is 23.2 Å². The predicted octanol–water partition coefficient (Wildman–Crippen LogP) is 5.83. The third kappa shape index (κ3) is 5.14. The normalized spacial score (nSPS) is 10.8. The lowest BCUT2D eigenvalue weighted by molar-refractivity contribution is 0.0601. The number of methoxy groups -OCH3 is 1. The molecule has 0 spiro atoms. The van der Waals surface area contributed by atoms with Crippen molar-refractivity contribution in [1.82, 2.24) is 9.97 Å².